The Morgan fingerprint density at radius 3 is 1.51 bits per heavy atom. The van der Waals surface area contributed by atoms with Gasteiger partial charge in [-0.05, 0) is 25.7 Å². The van der Waals surface area contributed by atoms with Crippen molar-refractivity contribution in [1.29, 1.82) is 0 Å². The van der Waals surface area contributed by atoms with Crippen LogP contribution in [0.2, 0.25) is 0 Å². The SMILES string of the molecule is CN(C)CCNC(=O)c1ccc(CC(=O)CN2CCN(CC(=O)O)CCN(CC(=O)O)CCN(CC(=O)O)CC2)cn1.[177Lu]. The van der Waals surface area contributed by atoms with Crippen molar-refractivity contribution >= 4 is 29.6 Å². The normalized spacial score (nSPS) is 16.4. The van der Waals surface area contributed by atoms with E-state index in [0.717, 1.165) is 0 Å². The van der Waals surface area contributed by atoms with Crippen LogP contribution >= 0.6 is 0 Å². The second kappa shape index (κ2) is 20.6. The van der Waals surface area contributed by atoms with Crippen LogP contribution in [0.15, 0.2) is 18.3 Å². The summed E-state index contributed by atoms with van der Waals surface area (Å²) in [6.45, 7) is 3.16. The first-order chi connectivity index (χ1) is 19.9. The number of Topliss-reactive ketones (excluding diaryl/α,β-unsaturated/α-hetero) is 1. The Morgan fingerprint density at radius 2 is 1.16 bits per heavy atom. The quantitative estimate of drug-likeness (QED) is 0.162. The van der Waals surface area contributed by atoms with E-state index >= 15 is 0 Å². The summed E-state index contributed by atoms with van der Waals surface area (Å²) in [4.78, 5) is 72.6. The van der Waals surface area contributed by atoms with Gasteiger partial charge in [-0.3, -0.25) is 48.6 Å². The van der Waals surface area contributed by atoms with E-state index in [9.17, 15) is 39.3 Å². The molecular formula is C27H43LuN7O8. The third-order valence-electron chi connectivity index (χ3n) is 6.71. The van der Waals surface area contributed by atoms with Crippen LogP contribution < -0.4 is 5.32 Å². The molecule has 2 heterocycles. The molecule has 1 aromatic heterocycles. The van der Waals surface area contributed by atoms with Gasteiger partial charge in [-0.2, -0.15) is 0 Å². The zero-order valence-corrected chi connectivity index (χ0v) is 26.3. The summed E-state index contributed by atoms with van der Waals surface area (Å²) < 4.78 is 0. The molecule has 1 aromatic rings. The third kappa shape index (κ3) is 17.0. The Labute approximate surface area is 281 Å². The van der Waals surface area contributed by atoms with Crippen LogP contribution in [-0.4, -0.2) is 180 Å². The molecule has 0 unspecified atom stereocenters. The minimum absolute atomic E-state index is 0. The minimum Gasteiger partial charge on any atom is -0.480 e. The number of hydrogen-bond donors (Lipinski definition) is 4. The molecule has 4 N–H and O–H groups in total. The maximum Gasteiger partial charge on any atom is 0.317 e. The summed E-state index contributed by atoms with van der Waals surface area (Å²) in [5.74, 6) is -3.44. The fourth-order valence-electron chi connectivity index (χ4n) is 4.46. The van der Waals surface area contributed by atoms with Crippen molar-refractivity contribution in [1.82, 2.24) is 34.8 Å². The molecule has 0 aromatic carbocycles. The van der Waals surface area contributed by atoms with Gasteiger partial charge in [0.05, 0.1) is 26.2 Å². The molecule has 0 spiro atoms. The molecule has 1 aliphatic heterocycles. The summed E-state index contributed by atoms with van der Waals surface area (Å²) >= 11 is 0. The molecule has 1 saturated heterocycles. The molecule has 0 aliphatic carbocycles. The smallest absolute Gasteiger partial charge is 0.317 e. The zero-order chi connectivity index (χ0) is 31.1. The number of nitrogens with one attached hydrogen (secondary N) is 1. The molecule has 0 bridgehead atoms. The summed E-state index contributed by atoms with van der Waals surface area (Å²) in [5.41, 5.74) is 0.907. The van der Waals surface area contributed by atoms with Gasteiger partial charge >= 0.3 is 17.9 Å². The van der Waals surface area contributed by atoms with Crippen molar-refractivity contribution in [2.75, 3.05) is 106 Å². The largest absolute Gasteiger partial charge is 0.480 e. The number of nitrogens with zero attached hydrogens (tertiary/aromatic N) is 6. The number of carboxylic acids is 3. The van der Waals surface area contributed by atoms with Crippen LogP contribution in [-0.2, 0) is 25.6 Å². The van der Waals surface area contributed by atoms with Crippen molar-refractivity contribution in [3.05, 3.63) is 29.6 Å². The van der Waals surface area contributed by atoms with Crippen LogP contribution in [0.5, 0.6) is 0 Å². The predicted molar refractivity (Wildman–Crippen MR) is 153 cm³/mol. The monoisotopic (exact) mass is 770 g/mol. The molecule has 0 saturated carbocycles. The molecule has 43 heavy (non-hydrogen) atoms. The molecule has 249 valence electrons. The molecule has 16 heteroatoms. The second-order valence-corrected chi connectivity index (χ2v) is 10.6. The molecule has 1 amide bonds. The van der Waals surface area contributed by atoms with Gasteiger partial charge in [0, 0.05) is 115 Å². The van der Waals surface area contributed by atoms with Crippen LogP contribution in [0.4, 0.5) is 0 Å². The van der Waals surface area contributed by atoms with Crippen LogP contribution in [0, 0.1) is 36.9 Å². The van der Waals surface area contributed by atoms with Crippen LogP contribution in [0.3, 0.4) is 0 Å². The fraction of sp³-hybridized carbons (Fsp3) is 0.630. The van der Waals surface area contributed by atoms with Crippen molar-refractivity contribution in [3.8, 4) is 0 Å². The average molecular weight is 771 g/mol. The van der Waals surface area contributed by atoms with Gasteiger partial charge in [0.1, 0.15) is 5.69 Å². The maximum absolute atomic E-state index is 13.0. The van der Waals surface area contributed by atoms with Crippen molar-refractivity contribution in [2.45, 2.75) is 6.42 Å². The topological polar surface area (TPSA) is 187 Å². The summed E-state index contributed by atoms with van der Waals surface area (Å²) in [7, 11) is 3.81. The molecule has 1 radical (unpaired) electrons. The van der Waals surface area contributed by atoms with E-state index in [1.807, 2.05) is 23.9 Å². The summed E-state index contributed by atoms with van der Waals surface area (Å²) in [5, 5.41) is 30.8. The number of ketones is 1. The molecule has 2 rings (SSSR count). The van der Waals surface area contributed by atoms with E-state index in [1.54, 1.807) is 26.8 Å². The van der Waals surface area contributed by atoms with E-state index in [2.05, 4.69) is 10.3 Å². The zero-order valence-electron chi connectivity index (χ0n) is 24.7. The van der Waals surface area contributed by atoms with Gasteiger partial charge in [0.15, 0.2) is 5.78 Å². The third-order valence-corrected chi connectivity index (χ3v) is 6.71. The molecule has 1 aliphatic rings. The standard InChI is InChI=1S/C27H43N7O8.Lu/c1-30(2)6-5-28-27(42)23-4-3-21(16-29-23)15-22(35)17-31-7-9-32(18-24(36)37)11-13-34(20-26(40)41)14-12-33(10-8-31)19-25(38)39;/h3-4,16H,5-15,17-20H2,1-2H3,(H,28,42)(H,36,37)(H,38,39)(H,40,41);/i;1+2. The second-order valence-electron chi connectivity index (χ2n) is 10.6. The predicted octanol–water partition coefficient (Wildman–Crippen LogP) is -2.04. The number of amides is 1. The molecule has 1 fully saturated rings. The summed E-state index contributed by atoms with van der Waals surface area (Å²) in [6, 6.07) is 3.26. The first kappa shape index (κ1) is 38.8. The molecule has 15 nitrogen and oxygen atoms in total. The van der Waals surface area contributed by atoms with E-state index < -0.39 is 17.9 Å². The Balaban J connectivity index is 0.00000924. The van der Waals surface area contributed by atoms with E-state index in [0.29, 0.717) is 71.0 Å². The number of carbonyl (C=O) groups is 5. The first-order valence-electron chi connectivity index (χ1n) is 13.9. The molecule has 0 atom stereocenters. The first-order valence-corrected chi connectivity index (χ1v) is 13.9. The minimum atomic E-state index is -1.02. The number of aliphatic carboxylic acids is 3. The van der Waals surface area contributed by atoms with Crippen molar-refractivity contribution < 1.29 is 76.2 Å². The van der Waals surface area contributed by atoms with Gasteiger partial charge in [0.2, 0.25) is 0 Å². The number of likely N-dealkylation sites (N-methyl/N-ethyl adjacent to an activating group) is 1. The van der Waals surface area contributed by atoms with Crippen molar-refractivity contribution in [2.24, 2.45) is 0 Å². The van der Waals surface area contributed by atoms with Crippen LogP contribution in [0.1, 0.15) is 16.1 Å². The van der Waals surface area contributed by atoms with Gasteiger partial charge in [-0.1, -0.05) is 6.07 Å². The molecular weight excluding hydrogens is 727 g/mol. The number of carboxylic acid groups (broad SMARTS) is 3. The number of hydrogen-bond acceptors (Lipinski definition) is 11. The van der Waals surface area contributed by atoms with E-state index in [-0.39, 0.29) is 86.9 Å². The Bertz CT molecular complexity index is 1030. The Kier molecular flexibility index (Phi) is 18.6. The maximum atomic E-state index is 13.0. The Morgan fingerprint density at radius 1 is 0.744 bits per heavy atom. The van der Waals surface area contributed by atoms with Crippen molar-refractivity contribution in [3.63, 3.8) is 0 Å². The average Bonchev–Trinajstić information content (AvgIpc) is 2.89. The number of rotatable bonds is 14. The van der Waals surface area contributed by atoms with E-state index in [4.69, 9.17) is 0 Å². The van der Waals surface area contributed by atoms with Gasteiger partial charge in [-0.15, -0.1) is 0 Å². The number of pyridine rings is 1. The van der Waals surface area contributed by atoms with Gasteiger partial charge in [-0.25, -0.2) is 0 Å². The van der Waals surface area contributed by atoms with Gasteiger partial charge in [0.25, 0.3) is 5.91 Å². The van der Waals surface area contributed by atoms with E-state index in [1.165, 1.54) is 6.20 Å². The Hall–Kier alpha value is -2.27. The van der Waals surface area contributed by atoms with Gasteiger partial charge < -0.3 is 25.5 Å². The fourth-order valence-corrected chi connectivity index (χ4v) is 4.46. The number of aromatic nitrogens is 1. The summed E-state index contributed by atoms with van der Waals surface area (Å²) in [6.07, 6.45) is 1.59. The number of carbonyl (C=O) groups excluding carboxylic acids is 2. The van der Waals surface area contributed by atoms with Crippen LogP contribution in [0.25, 0.3) is 0 Å².